The molecule has 0 bridgehead atoms. The molecule has 0 saturated heterocycles. The molecule has 0 fully saturated rings. The van der Waals surface area contributed by atoms with Crippen LogP contribution < -0.4 is 9.80 Å². The van der Waals surface area contributed by atoms with E-state index in [0.717, 1.165) is 45.5 Å². The normalized spacial score (nSPS) is 11.4. The van der Waals surface area contributed by atoms with E-state index in [0.29, 0.717) is 0 Å². The van der Waals surface area contributed by atoms with Crippen LogP contribution >= 0.6 is 0 Å². The topological polar surface area (TPSA) is 16.3 Å². The summed E-state index contributed by atoms with van der Waals surface area (Å²) >= 11 is 0. The smallest absolute Gasteiger partial charge is 0.0538 e. The van der Waals surface area contributed by atoms with Gasteiger partial charge in [-0.15, -0.1) is 0 Å². The minimum atomic E-state index is 1.11. The molecule has 0 aliphatic heterocycles. The van der Waals surface area contributed by atoms with Gasteiger partial charge >= 0.3 is 0 Å². The van der Waals surface area contributed by atoms with Gasteiger partial charge in [0.15, 0.2) is 0 Å². The Labute approximate surface area is 435 Å². The van der Waals surface area contributed by atoms with Crippen LogP contribution in [0.1, 0.15) is 33.6 Å². The molecule has 0 aliphatic carbocycles. The lowest BCUT2D eigenvalue weighted by Crippen LogP contribution is -2.10. The summed E-state index contributed by atoms with van der Waals surface area (Å²) in [5.41, 5.74) is 25.9. The lowest BCUT2D eigenvalue weighted by molar-refractivity contribution is 1.05. The highest BCUT2D eigenvalue weighted by atomic mass is 15.1. The number of hydrogen-bond donors (Lipinski definition) is 0. The third-order valence-electron chi connectivity index (χ3n) is 14.8. The van der Waals surface area contributed by atoms with Gasteiger partial charge in [-0.3, -0.25) is 0 Å². The van der Waals surface area contributed by atoms with E-state index in [-0.39, 0.29) is 0 Å². The molecular formula is C70H58N4. The molecular weight excluding hydrogens is 897 g/mol. The van der Waals surface area contributed by atoms with Gasteiger partial charge in [0.05, 0.1) is 11.0 Å². The maximum Gasteiger partial charge on any atom is 0.0538 e. The zero-order chi connectivity index (χ0) is 50.5. The summed E-state index contributed by atoms with van der Waals surface area (Å²) in [6.07, 6.45) is 0. The van der Waals surface area contributed by atoms with Gasteiger partial charge in [-0.1, -0.05) is 144 Å². The summed E-state index contributed by atoms with van der Waals surface area (Å²) in [4.78, 5) is 4.67. The number of aromatic nitrogens is 2. The van der Waals surface area contributed by atoms with Gasteiger partial charge in [-0.25, -0.2) is 0 Å². The Balaban J connectivity index is 0.955. The number of rotatable bonds is 11. The monoisotopic (exact) mass is 954 g/mol. The molecule has 10 aromatic carbocycles. The minimum Gasteiger partial charge on any atom is -0.313 e. The Morgan fingerprint density at radius 3 is 0.811 bits per heavy atom. The van der Waals surface area contributed by atoms with E-state index in [1.54, 1.807) is 0 Å². The van der Waals surface area contributed by atoms with E-state index >= 15 is 0 Å². The molecule has 0 aliphatic rings. The highest BCUT2D eigenvalue weighted by molar-refractivity contribution is 6.04. The number of benzene rings is 10. The van der Waals surface area contributed by atoms with Gasteiger partial charge in [0.1, 0.15) is 0 Å². The molecule has 0 amide bonds. The van der Waals surface area contributed by atoms with E-state index < -0.39 is 0 Å². The van der Waals surface area contributed by atoms with Crippen molar-refractivity contribution in [3.63, 3.8) is 0 Å². The van der Waals surface area contributed by atoms with Crippen molar-refractivity contribution in [2.24, 2.45) is 0 Å². The van der Waals surface area contributed by atoms with Crippen LogP contribution in [0.15, 0.2) is 243 Å². The van der Waals surface area contributed by atoms with Crippen molar-refractivity contribution < 1.29 is 0 Å². The quantitative estimate of drug-likeness (QED) is 0.128. The molecule has 74 heavy (non-hydrogen) atoms. The Morgan fingerprint density at radius 1 is 0.257 bits per heavy atom. The van der Waals surface area contributed by atoms with E-state index in [2.05, 4.69) is 303 Å². The van der Waals surface area contributed by atoms with Crippen LogP contribution in [0.2, 0.25) is 0 Å². The first-order valence-corrected chi connectivity index (χ1v) is 25.7. The average Bonchev–Trinajstić information content (AvgIpc) is 3.90. The van der Waals surface area contributed by atoms with Gasteiger partial charge in [-0.2, -0.15) is 0 Å². The maximum atomic E-state index is 2.43. The first-order valence-electron chi connectivity index (χ1n) is 25.7. The molecule has 12 aromatic rings. The lowest BCUT2D eigenvalue weighted by Gasteiger charge is -2.26. The maximum absolute atomic E-state index is 2.43. The Kier molecular flexibility index (Phi) is 11.9. The third-order valence-corrected chi connectivity index (χ3v) is 14.8. The number of aryl methyl sites for hydroxylation is 4. The van der Waals surface area contributed by atoms with E-state index in [1.807, 2.05) is 0 Å². The van der Waals surface area contributed by atoms with Gasteiger partial charge in [-0.05, 0) is 185 Å². The molecule has 0 spiro atoms. The average molecular weight is 955 g/mol. The minimum absolute atomic E-state index is 1.11. The fourth-order valence-electron chi connectivity index (χ4n) is 11.0. The van der Waals surface area contributed by atoms with Crippen LogP contribution in [0.25, 0.3) is 66.6 Å². The Morgan fingerprint density at radius 2 is 0.527 bits per heavy atom. The summed E-state index contributed by atoms with van der Waals surface area (Å²) in [6.45, 7) is 13.1. The van der Waals surface area contributed by atoms with E-state index in [1.165, 1.54) is 88.8 Å². The molecule has 0 saturated carbocycles. The first kappa shape index (κ1) is 46.0. The Hall–Kier alpha value is -9.12. The van der Waals surface area contributed by atoms with Gasteiger partial charge in [0.25, 0.3) is 0 Å². The second-order valence-corrected chi connectivity index (χ2v) is 19.8. The van der Waals surface area contributed by atoms with Crippen molar-refractivity contribution in [3.8, 4) is 44.8 Å². The zero-order valence-corrected chi connectivity index (χ0v) is 42.9. The van der Waals surface area contributed by atoms with Gasteiger partial charge < -0.3 is 18.9 Å². The molecule has 2 heterocycles. The van der Waals surface area contributed by atoms with Crippen molar-refractivity contribution in [3.05, 3.63) is 276 Å². The van der Waals surface area contributed by atoms with Crippen molar-refractivity contribution in [1.29, 1.82) is 0 Å². The van der Waals surface area contributed by atoms with E-state index in [9.17, 15) is 0 Å². The van der Waals surface area contributed by atoms with Crippen LogP contribution in [0.5, 0.6) is 0 Å². The molecule has 4 nitrogen and oxygen atoms in total. The Bertz CT molecular complexity index is 3590. The second kappa shape index (κ2) is 19.1. The zero-order valence-electron chi connectivity index (χ0n) is 42.9. The largest absolute Gasteiger partial charge is 0.313 e. The van der Waals surface area contributed by atoms with Crippen LogP contribution in [0, 0.1) is 41.5 Å². The highest BCUT2D eigenvalue weighted by Crippen LogP contribution is 2.44. The first-order chi connectivity index (χ1) is 36.2. The summed E-state index contributed by atoms with van der Waals surface area (Å²) in [7, 11) is 0. The summed E-state index contributed by atoms with van der Waals surface area (Å²) in [6, 6.07) is 89.0. The highest BCUT2D eigenvalue weighted by Gasteiger charge is 2.22. The number of anilines is 6. The molecule has 0 atom stereocenters. The summed E-state index contributed by atoms with van der Waals surface area (Å²) in [5.74, 6) is 0. The number of hydrogen-bond acceptors (Lipinski definition) is 2. The third kappa shape index (κ3) is 8.44. The van der Waals surface area contributed by atoms with Crippen LogP contribution in [-0.2, 0) is 0 Å². The molecule has 0 N–H and O–H groups in total. The van der Waals surface area contributed by atoms with Crippen LogP contribution in [0.3, 0.4) is 0 Å². The summed E-state index contributed by atoms with van der Waals surface area (Å²) in [5, 5.41) is 2.44. The fraction of sp³-hybridized carbons (Fsp3) is 0.0857. The molecule has 12 rings (SSSR count). The molecule has 2 aromatic heterocycles. The van der Waals surface area contributed by atoms with Gasteiger partial charge in [0, 0.05) is 78.8 Å². The molecule has 0 radical (unpaired) electrons. The predicted octanol–water partition coefficient (Wildman–Crippen LogP) is 19.4. The number of nitrogens with zero attached hydrogens (tertiary/aromatic N) is 4. The van der Waals surface area contributed by atoms with Gasteiger partial charge in [0.2, 0.25) is 0 Å². The van der Waals surface area contributed by atoms with Crippen molar-refractivity contribution >= 4 is 55.9 Å². The molecule has 0 unspecified atom stereocenters. The second-order valence-electron chi connectivity index (χ2n) is 19.8. The van der Waals surface area contributed by atoms with Crippen LogP contribution in [-0.4, -0.2) is 9.13 Å². The SMILES string of the molecule is Cc1ccc(N(c2ccc(C)cc2)c2ccc(-n3c(C)c(-c4ccccc4)c4cc(-c5ccc6c(c5)c(-c5ccccc5)c(C)n6-c5ccc(N(c6ccc(C)cc6)c6ccc(C)cc6)cc5)ccc43)cc2)cc1. The predicted molar refractivity (Wildman–Crippen MR) is 314 cm³/mol. The number of fused-ring (bicyclic) bond motifs is 2. The van der Waals surface area contributed by atoms with Crippen LogP contribution in [0.4, 0.5) is 34.1 Å². The van der Waals surface area contributed by atoms with Crippen molar-refractivity contribution in [2.45, 2.75) is 41.5 Å². The molecule has 4 heteroatoms. The van der Waals surface area contributed by atoms with Crippen molar-refractivity contribution in [1.82, 2.24) is 9.13 Å². The fourth-order valence-corrected chi connectivity index (χ4v) is 11.0. The molecule has 358 valence electrons. The lowest BCUT2D eigenvalue weighted by atomic mass is 9.96. The standard InChI is InChI=1S/C70H58N4/c1-47-17-27-59(28-18-47)73(60-29-19-48(2)20-30-60)63-39-35-57(36-40-63)71-51(5)69(53-13-9-7-10-14-53)65-45-55(25-43-67(65)71)56-26-44-68-66(46-56)70(54-15-11-8-12-16-54)52(6)72(68)58-37-41-64(42-38-58)74(61-31-21-49(3)22-32-61)62-33-23-50(4)24-34-62/h7-46H,1-6H3. The van der Waals surface area contributed by atoms with Crippen molar-refractivity contribution in [2.75, 3.05) is 9.80 Å². The summed E-state index contributed by atoms with van der Waals surface area (Å²) < 4.78 is 4.86. The van der Waals surface area contributed by atoms with E-state index in [4.69, 9.17) is 0 Å².